The molecular weight excluding hydrogens is 272 g/mol. The maximum absolute atomic E-state index is 6.05. The lowest BCUT2D eigenvalue weighted by Crippen LogP contribution is -2.00. The van der Waals surface area contributed by atoms with Crippen molar-refractivity contribution in [2.75, 3.05) is 5.73 Å². The van der Waals surface area contributed by atoms with Crippen molar-refractivity contribution in [1.29, 1.82) is 0 Å². The first-order valence-electron chi connectivity index (χ1n) is 6.22. The normalized spacial score (nSPS) is 10.9. The number of benzene rings is 1. The van der Waals surface area contributed by atoms with E-state index in [1.807, 2.05) is 38.1 Å². The molecule has 0 atom stereocenters. The smallest absolute Gasteiger partial charge is 0.224 e. The third-order valence-electron chi connectivity index (χ3n) is 3.43. The highest BCUT2D eigenvalue weighted by Gasteiger charge is 2.15. The molecule has 0 amide bonds. The molecule has 2 N–H and O–H groups in total. The summed E-state index contributed by atoms with van der Waals surface area (Å²) in [6.45, 7) is 4.08. The van der Waals surface area contributed by atoms with Gasteiger partial charge >= 0.3 is 0 Å². The van der Waals surface area contributed by atoms with Crippen LogP contribution < -0.4 is 5.73 Å². The molecule has 20 heavy (non-hydrogen) atoms. The second-order valence-electron chi connectivity index (χ2n) is 4.68. The molecule has 0 aliphatic rings. The molecular formula is C15H13ClN4. The highest BCUT2D eigenvalue weighted by molar-refractivity contribution is 6.29. The molecule has 2 aromatic heterocycles. The second kappa shape index (κ2) is 4.72. The summed E-state index contributed by atoms with van der Waals surface area (Å²) in [5.74, 6) is 0.378. The molecule has 3 aromatic rings. The number of anilines is 1. The number of nitrogens with zero attached hydrogens (tertiary/aromatic N) is 3. The van der Waals surface area contributed by atoms with E-state index in [1.54, 1.807) is 6.20 Å². The van der Waals surface area contributed by atoms with Crippen LogP contribution in [0.3, 0.4) is 0 Å². The lowest BCUT2D eigenvalue weighted by atomic mass is 9.95. The minimum absolute atomic E-state index is 0.158. The first kappa shape index (κ1) is 12.8. The first-order valence-corrected chi connectivity index (χ1v) is 6.60. The lowest BCUT2D eigenvalue weighted by molar-refractivity contribution is 1.21. The quantitative estimate of drug-likeness (QED) is 0.694. The number of rotatable bonds is 1. The van der Waals surface area contributed by atoms with Gasteiger partial charge in [0.2, 0.25) is 5.28 Å². The molecule has 100 valence electrons. The molecule has 2 heterocycles. The fraction of sp³-hybridized carbons (Fsp3) is 0.133. The Morgan fingerprint density at radius 1 is 1.15 bits per heavy atom. The van der Waals surface area contributed by atoms with Crippen LogP contribution in [0.2, 0.25) is 5.28 Å². The van der Waals surface area contributed by atoms with Crippen LogP contribution in [0.25, 0.3) is 22.2 Å². The van der Waals surface area contributed by atoms with Crippen molar-refractivity contribution in [3.63, 3.8) is 0 Å². The minimum atomic E-state index is 0.158. The predicted molar refractivity (Wildman–Crippen MR) is 81.7 cm³/mol. The monoisotopic (exact) mass is 284 g/mol. The van der Waals surface area contributed by atoms with Crippen LogP contribution in [0.5, 0.6) is 0 Å². The van der Waals surface area contributed by atoms with E-state index in [4.69, 9.17) is 17.3 Å². The summed E-state index contributed by atoms with van der Waals surface area (Å²) in [5.41, 5.74) is 10.9. The molecule has 0 bridgehead atoms. The number of halogens is 1. The Hall–Kier alpha value is -2.20. The highest BCUT2D eigenvalue weighted by Crippen LogP contribution is 2.35. The van der Waals surface area contributed by atoms with Crippen molar-refractivity contribution in [2.45, 2.75) is 13.8 Å². The number of fused-ring (bicyclic) bond motifs is 1. The van der Waals surface area contributed by atoms with Gasteiger partial charge < -0.3 is 5.73 Å². The van der Waals surface area contributed by atoms with Crippen LogP contribution in [0.15, 0.2) is 30.5 Å². The van der Waals surface area contributed by atoms with Gasteiger partial charge in [0, 0.05) is 11.8 Å². The lowest BCUT2D eigenvalue weighted by Gasteiger charge is -2.13. The van der Waals surface area contributed by atoms with Crippen molar-refractivity contribution in [1.82, 2.24) is 15.0 Å². The van der Waals surface area contributed by atoms with Gasteiger partial charge in [-0.15, -0.1) is 0 Å². The SMILES string of the molecule is Cc1cc2nc(Cl)nc(N)c2c(-c2ccccn2)c1C. The molecule has 3 rings (SSSR count). The van der Waals surface area contributed by atoms with Gasteiger partial charge in [-0.05, 0) is 54.8 Å². The van der Waals surface area contributed by atoms with Gasteiger partial charge in [-0.2, -0.15) is 0 Å². The number of nitrogen functional groups attached to an aromatic ring is 1. The van der Waals surface area contributed by atoms with Crippen molar-refractivity contribution in [3.8, 4) is 11.3 Å². The maximum Gasteiger partial charge on any atom is 0.224 e. The average molecular weight is 285 g/mol. The van der Waals surface area contributed by atoms with Crippen molar-refractivity contribution < 1.29 is 0 Å². The molecule has 0 saturated heterocycles. The van der Waals surface area contributed by atoms with E-state index in [0.29, 0.717) is 5.82 Å². The Kier molecular flexibility index (Phi) is 3.03. The summed E-state index contributed by atoms with van der Waals surface area (Å²) in [6.07, 6.45) is 1.76. The summed E-state index contributed by atoms with van der Waals surface area (Å²) < 4.78 is 0. The Morgan fingerprint density at radius 2 is 1.95 bits per heavy atom. The van der Waals surface area contributed by atoms with Gasteiger partial charge in [-0.3, -0.25) is 4.98 Å². The largest absolute Gasteiger partial charge is 0.383 e. The second-order valence-corrected chi connectivity index (χ2v) is 5.02. The van der Waals surface area contributed by atoms with Gasteiger partial charge in [-0.1, -0.05) is 6.07 Å². The van der Waals surface area contributed by atoms with E-state index < -0.39 is 0 Å². The summed E-state index contributed by atoms with van der Waals surface area (Å²) in [6, 6.07) is 7.76. The molecule has 5 heteroatoms. The Morgan fingerprint density at radius 3 is 2.65 bits per heavy atom. The van der Waals surface area contributed by atoms with Crippen LogP contribution in [-0.2, 0) is 0 Å². The molecule has 4 nitrogen and oxygen atoms in total. The van der Waals surface area contributed by atoms with Crippen LogP contribution in [0.4, 0.5) is 5.82 Å². The van der Waals surface area contributed by atoms with Crippen LogP contribution in [0.1, 0.15) is 11.1 Å². The number of pyridine rings is 1. The maximum atomic E-state index is 6.05. The van der Waals surface area contributed by atoms with E-state index >= 15 is 0 Å². The van der Waals surface area contributed by atoms with Crippen LogP contribution in [0, 0.1) is 13.8 Å². The van der Waals surface area contributed by atoms with E-state index in [0.717, 1.165) is 33.3 Å². The summed E-state index contributed by atoms with van der Waals surface area (Å²) in [7, 11) is 0. The van der Waals surface area contributed by atoms with E-state index in [9.17, 15) is 0 Å². The highest BCUT2D eigenvalue weighted by atomic mass is 35.5. The number of hydrogen-bond donors (Lipinski definition) is 1. The number of nitrogens with two attached hydrogens (primary N) is 1. The molecule has 0 fully saturated rings. The Labute approximate surface area is 121 Å². The average Bonchev–Trinajstić information content (AvgIpc) is 2.42. The molecule has 0 unspecified atom stereocenters. The van der Waals surface area contributed by atoms with Crippen LogP contribution in [-0.4, -0.2) is 15.0 Å². The third kappa shape index (κ3) is 1.98. The van der Waals surface area contributed by atoms with Gasteiger partial charge in [-0.25, -0.2) is 9.97 Å². The Balaban J connectivity index is 2.49. The fourth-order valence-electron chi connectivity index (χ4n) is 2.36. The van der Waals surface area contributed by atoms with Gasteiger partial charge in [0.1, 0.15) is 5.82 Å². The summed E-state index contributed by atoms with van der Waals surface area (Å²) in [5, 5.41) is 0.960. The molecule has 0 radical (unpaired) electrons. The molecule has 0 aliphatic carbocycles. The van der Waals surface area contributed by atoms with Crippen molar-refractivity contribution >= 4 is 28.3 Å². The van der Waals surface area contributed by atoms with E-state index in [2.05, 4.69) is 15.0 Å². The number of aromatic nitrogens is 3. The van der Waals surface area contributed by atoms with Crippen molar-refractivity contribution in [3.05, 3.63) is 46.9 Å². The molecule has 0 saturated carbocycles. The van der Waals surface area contributed by atoms with Gasteiger partial charge in [0.05, 0.1) is 16.6 Å². The zero-order chi connectivity index (χ0) is 14.3. The van der Waals surface area contributed by atoms with Crippen molar-refractivity contribution in [2.24, 2.45) is 0 Å². The summed E-state index contributed by atoms with van der Waals surface area (Å²) in [4.78, 5) is 12.8. The topological polar surface area (TPSA) is 64.7 Å². The van der Waals surface area contributed by atoms with Crippen LogP contribution >= 0.6 is 11.6 Å². The first-order chi connectivity index (χ1) is 9.58. The molecule has 0 aliphatic heterocycles. The third-order valence-corrected chi connectivity index (χ3v) is 3.60. The summed E-state index contributed by atoms with van der Waals surface area (Å²) >= 11 is 5.90. The standard InChI is InChI=1S/C15H13ClN4/c1-8-7-11-13(14(17)20-15(16)19-11)12(9(8)2)10-5-3-4-6-18-10/h3-7H,1-2H3,(H2,17,19,20). The number of aryl methyl sites for hydroxylation is 1. The van der Waals surface area contributed by atoms with Gasteiger partial charge in [0.25, 0.3) is 0 Å². The zero-order valence-corrected chi connectivity index (χ0v) is 11.9. The zero-order valence-electron chi connectivity index (χ0n) is 11.2. The van der Waals surface area contributed by atoms with E-state index in [1.165, 1.54) is 0 Å². The molecule has 0 spiro atoms. The number of hydrogen-bond acceptors (Lipinski definition) is 4. The molecule has 1 aromatic carbocycles. The predicted octanol–water partition coefficient (Wildman–Crippen LogP) is 3.54. The minimum Gasteiger partial charge on any atom is -0.383 e. The fourth-order valence-corrected chi connectivity index (χ4v) is 2.54. The Bertz CT molecular complexity index is 800. The van der Waals surface area contributed by atoms with Gasteiger partial charge in [0.15, 0.2) is 0 Å². The van der Waals surface area contributed by atoms with E-state index in [-0.39, 0.29) is 5.28 Å².